The van der Waals surface area contributed by atoms with E-state index in [4.69, 9.17) is 5.73 Å². The molecule has 116 valence electrons. The van der Waals surface area contributed by atoms with E-state index in [0.717, 1.165) is 30.8 Å². The second kappa shape index (κ2) is 5.57. The van der Waals surface area contributed by atoms with Gasteiger partial charge in [-0.15, -0.1) is 0 Å². The molecule has 0 saturated carbocycles. The first kappa shape index (κ1) is 14.8. The SMILES string of the molecule is Cc1cnn(-c2ccc(C(=O)N3CCC(C)(CN)C3)cc2)c1. The molecule has 1 aliphatic heterocycles. The van der Waals surface area contributed by atoms with E-state index >= 15 is 0 Å². The third kappa shape index (κ3) is 2.76. The van der Waals surface area contributed by atoms with Gasteiger partial charge in [-0.2, -0.15) is 5.10 Å². The fourth-order valence-corrected chi connectivity index (χ4v) is 2.86. The van der Waals surface area contributed by atoms with Crippen LogP contribution in [-0.2, 0) is 0 Å². The van der Waals surface area contributed by atoms with Gasteiger partial charge < -0.3 is 10.6 Å². The minimum absolute atomic E-state index is 0.0577. The zero-order chi connectivity index (χ0) is 15.7. The third-order valence-corrected chi connectivity index (χ3v) is 4.43. The normalized spacial score (nSPS) is 21.3. The molecule has 1 fully saturated rings. The molecule has 5 heteroatoms. The molecule has 2 heterocycles. The summed E-state index contributed by atoms with van der Waals surface area (Å²) >= 11 is 0. The zero-order valence-electron chi connectivity index (χ0n) is 13.1. The van der Waals surface area contributed by atoms with Gasteiger partial charge in [-0.1, -0.05) is 6.92 Å². The molecule has 1 saturated heterocycles. The maximum absolute atomic E-state index is 12.6. The zero-order valence-corrected chi connectivity index (χ0v) is 13.1. The lowest BCUT2D eigenvalue weighted by molar-refractivity contribution is 0.0777. The molecule has 5 nitrogen and oxygen atoms in total. The number of rotatable bonds is 3. The lowest BCUT2D eigenvalue weighted by Gasteiger charge is -2.22. The van der Waals surface area contributed by atoms with Crippen LogP contribution in [0.1, 0.15) is 29.3 Å². The molecule has 1 atom stereocenters. The quantitative estimate of drug-likeness (QED) is 0.942. The molecule has 1 amide bonds. The Bertz CT molecular complexity index is 676. The number of aromatic nitrogens is 2. The van der Waals surface area contributed by atoms with Crippen molar-refractivity contribution in [2.75, 3.05) is 19.6 Å². The number of likely N-dealkylation sites (tertiary alicyclic amines) is 1. The van der Waals surface area contributed by atoms with Crippen LogP contribution in [0.5, 0.6) is 0 Å². The molecule has 1 aromatic carbocycles. The molecule has 0 aliphatic carbocycles. The topological polar surface area (TPSA) is 64.2 Å². The molecule has 2 aromatic rings. The predicted octanol–water partition coefficient (Wildman–Crippen LogP) is 1.99. The molecule has 1 aliphatic rings. The van der Waals surface area contributed by atoms with Gasteiger partial charge in [-0.05, 0) is 55.1 Å². The summed E-state index contributed by atoms with van der Waals surface area (Å²) in [6.07, 6.45) is 4.75. The van der Waals surface area contributed by atoms with Gasteiger partial charge in [0.1, 0.15) is 0 Å². The van der Waals surface area contributed by atoms with Crippen LogP contribution in [0.15, 0.2) is 36.7 Å². The van der Waals surface area contributed by atoms with Gasteiger partial charge in [-0.25, -0.2) is 4.68 Å². The Morgan fingerprint density at radius 2 is 2.09 bits per heavy atom. The highest BCUT2D eigenvalue weighted by atomic mass is 16.2. The molecule has 22 heavy (non-hydrogen) atoms. The molecule has 3 rings (SSSR count). The van der Waals surface area contributed by atoms with E-state index in [2.05, 4.69) is 12.0 Å². The van der Waals surface area contributed by atoms with E-state index < -0.39 is 0 Å². The number of hydrogen-bond acceptors (Lipinski definition) is 3. The Morgan fingerprint density at radius 1 is 1.36 bits per heavy atom. The summed E-state index contributed by atoms with van der Waals surface area (Å²) in [5.41, 5.74) is 8.65. The molecule has 0 radical (unpaired) electrons. The average Bonchev–Trinajstić information content (AvgIpc) is 3.14. The van der Waals surface area contributed by atoms with Crippen LogP contribution in [0.4, 0.5) is 0 Å². The first-order chi connectivity index (χ1) is 10.5. The minimum Gasteiger partial charge on any atom is -0.338 e. The standard InChI is InChI=1S/C17H22N4O/c1-13-9-19-21(10-13)15-5-3-14(4-6-15)16(22)20-8-7-17(2,11-18)12-20/h3-6,9-10H,7-8,11-12,18H2,1-2H3. The number of carbonyl (C=O) groups is 1. The summed E-state index contributed by atoms with van der Waals surface area (Å²) in [4.78, 5) is 14.5. The van der Waals surface area contributed by atoms with Crippen LogP contribution in [0.2, 0.25) is 0 Å². The van der Waals surface area contributed by atoms with Crippen molar-refractivity contribution in [2.45, 2.75) is 20.3 Å². The Morgan fingerprint density at radius 3 is 2.64 bits per heavy atom. The van der Waals surface area contributed by atoms with Crippen molar-refractivity contribution in [1.29, 1.82) is 0 Å². The second-order valence-electron chi connectivity index (χ2n) is 6.50. The molecule has 1 aromatic heterocycles. The molecule has 0 bridgehead atoms. The van der Waals surface area contributed by atoms with Crippen molar-refractivity contribution in [3.05, 3.63) is 47.8 Å². The van der Waals surface area contributed by atoms with Crippen molar-refractivity contribution >= 4 is 5.91 Å². The van der Waals surface area contributed by atoms with Gasteiger partial charge in [-0.3, -0.25) is 4.79 Å². The van der Waals surface area contributed by atoms with Crippen LogP contribution in [-0.4, -0.2) is 40.2 Å². The van der Waals surface area contributed by atoms with Gasteiger partial charge in [0.05, 0.1) is 11.9 Å². The Kier molecular flexibility index (Phi) is 3.74. The summed E-state index contributed by atoms with van der Waals surface area (Å²) in [6, 6.07) is 7.59. The molecule has 1 unspecified atom stereocenters. The lowest BCUT2D eigenvalue weighted by atomic mass is 9.90. The second-order valence-corrected chi connectivity index (χ2v) is 6.50. The number of amides is 1. The first-order valence-corrected chi connectivity index (χ1v) is 7.62. The predicted molar refractivity (Wildman–Crippen MR) is 86.0 cm³/mol. The van der Waals surface area contributed by atoms with Crippen LogP contribution in [0.25, 0.3) is 5.69 Å². The van der Waals surface area contributed by atoms with E-state index in [1.165, 1.54) is 0 Å². The lowest BCUT2D eigenvalue weighted by Crippen LogP contribution is -2.34. The number of hydrogen-bond donors (Lipinski definition) is 1. The Hall–Kier alpha value is -2.14. The highest BCUT2D eigenvalue weighted by molar-refractivity contribution is 5.94. The van der Waals surface area contributed by atoms with Gasteiger partial charge in [0.15, 0.2) is 0 Å². The van der Waals surface area contributed by atoms with Crippen LogP contribution in [0.3, 0.4) is 0 Å². The van der Waals surface area contributed by atoms with Gasteiger partial charge in [0.25, 0.3) is 5.91 Å². The smallest absolute Gasteiger partial charge is 0.253 e. The number of aryl methyl sites for hydroxylation is 1. The summed E-state index contributed by atoms with van der Waals surface area (Å²) in [6.45, 7) is 6.29. The average molecular weight is 298 g/mol. The van der Waals surface area contributed by atoms with Crippen molar-refractivity contribution in [3.8, 4) is 5.69 Å². The van der Waals surface area contributed by atoms with E-state index in [1.54, 1.807) is 0 Å². The highest BCUT2D eigenvalue weighted by Crippen LogP contribution is 2.29. The van der Waals surface area contributed by atoms with Crippen LogP contribution < -0.4 is 5.73 Å². The third-order valence-electron chi connectivity index (χ3n) is 4.43. The summed E-state index contributed by atoms with van der Waals surface area (Å²) in [7, 11) is 0. The number of nitrogens with two attached hydrogens (primary N) is 1. The number of carbonyl (C=O) groups excluding carboxylic acids is 1. The molecule has 2 N–H and O–H groups in total. The van der Waals surface area contributed by atoms with Gasteiger partial charge in [0.2, 0.25) is 0 Å². The van der Waals surface area contributed by atoms with Crippen LogP contribution in [0, 0.1) is 12.3 Å². The molecule has 0 spiro atoms. The number of benzene rings is 1. The molecular formula is C17H22N4O. The largest absolute Gasteiger partial charge is 0.338 e. The summed E-state index contributed by atoms with van der Waals surface area (Å²) in [5, 5.41) is 4.28. The van der Waals surface area contributed by atoms with E-state index in [0.29, 0.717) is 12.1 Å². The summed E-state index contributed by atoms with van der Waals surface area (Å²) < 4.78 is 1.81. The number of nitrogens with zero attached hydrogens (tertiary/aromatic N) is 3. The van der Waals surface area contributed by atoms with Crippen molar-refractivity contribution in [3.63, 3.8) is 0 Å². The maximum atomic E-state index is 12.6. The first-order valence-electron chi connectivity index (χ1n) is 7.62. The van der Waals surface area contributed by atoms with E-state index in [-0.39, 0.29) is 11.3 Å². The fraction of sp³-hybridized carbons (Fsp3) is 0.412. The Labute approximate surface area is 130 Å². The Balaban J connectivity index is 1.74. The van der Waals surface area contributed by atoms with Gasteiger partial charge >= 0.3 is 0 Å². The van der Waals surface area contributed by atoms with E-state index in [1.807, 2.05) is 53.2 Å². The fourth-order valence-electron chi connectivity index (χ4n) is 2.86. The monoisotopic (exact) mass is 298 g/mol. The van der Waals surface area contributed by atoms with Crippen molar-refractivity contribution < 1.29 is 4.79 Å². The molecular weight excluding hydrogens is 276 g/mol. The van der Waals surface area contributed by atoms with E-state index in [9.17, 15) is 4.79 Å². The summed E-state index contributed by atoms with van der Waals surface area (Å²) in [5.74, 6) is 0.0837. The maximum Gasteiger partial charge on any atom is 0.253 e. The van der Waals surface area contributed by atoms with Crippen LogP contribution >= 0.6 is 0 Å². The van der Waals surface area contributed by atoms with Crippen molar-refractivity contribution in [1.82, 2.24) is 14.7 Å². The highest BCUT2D eigenvalue weighted by Gasteiger charge is 2.35. The van der Waals surface area contributed by atoms with Gasteiger partial charge in [0, 0.05) is 24.8 Å². The van der Waals surface area contributed by atoms with Crippen molar-refractivity contribution in [2.24, 2.45) is 11.1 Å². The minimum atomic E-state index is 0.0577.